The smallest absolute Gasteiger partial charge is 0.186 e. The number of aliphatic hydroxyl groups is 1. The molecule has 1 N–H and O–H groups in total. The summed E-state index contributed by atoms with van der Waals surface area (Å²) < 4.78 is 15.1. The molecule has 0 aliphatic carbocycles. The summed E-state index contributed by atoms with van der Waals surface area (Å²) in [5.41, 5.74) is 0. The van der Waals surface area contributed by atoms with Crippen molar-refractivity contribution in [1.82, 2.24) is 0 Å². The highest BCUT2D eigenvalue weighted by Crippen LogP contribution is 2.34. The van der Waals surface area contributed by atoms with E-state index in [9.17, 15) is 0 Å². The zero-order valence-corrected chi connectivity index (χ0v) is 5.69. The topological polar surface area (TPSA) is 51.2 Å². The Morgan fingerprint density at radius 3 is 3.00 bits per heavy atom. The van der Waals surface area contributed by atoms with Gasteiger partial charge in [0.2, 0.25) is 0 Å². The van der Waals surface area contributed by atoms with E-state index in [-0.39, 0.29) is 18.5 Å². The van der Waals surface area contributed by atoms with Gasteiger partial charge in [-0.2, -0.15) is 0 Å². The average Bonchev–Trinajstić information content (AvgIpc) is 2.68. The van der Waals surface area contributed by atoms with Gasteiger partial charge in [0.15, 0.2) is 6.29 Å². The monoisotopic (exact) mass is 146 g/mol. The Morgan fingerprint density at radius 2 is 2.30 bits per heavy atom. The van der Waals surface area contributed by atoms with Crippen molar-refractivity contribution >= 4 is 0 Å². The minimum absolute atomic E-state index is 0.0336. The number of aliphatic hydroxyl groups excluding tert-OH is 1. The maximum atomic E-state index is 9.13. The van der Waals surface area contributed by atoms with Gasteiger partial charge in [0.25, 0.3) is 0 Å². The Morgan fingerprint density at radius 1 is 1.50 bits per heavy atom. The first-order valence-corrected chi connectivity index (χ1v) is 3.31. The summed E-state index contributed by atoms with van der Waals surface area (Å²) in [6.07, 6.45) is -0.808. The molecule has 2 aliphatic rings. The van der Waals surface area contributed by atoms with Gasteiger partial charge in [0.1, 0.15) is 18.3 Å². The van der Waals surface area contributed by atoms with Gasteiger partial charge in [0, 0.05) is 7.11 Å². The van der Waals surface area contributed by atoms with Crippen LogP contribution >= 0.6 is 0 Å². The highest BCUT2D eigenvalue weighted by Gasteiger charge is 2.53. The largest absolute Gasteiger partial charge is 0.388 e. The molecule has 2 heterocycles. The number of rotatable bonds is 1. The molecule has 0 spiro atoms. The lowest BCUT2D eigenvalue weighted by Crippen LogP contribution is -2.38. The van der Waals surface area contributed by atoms with Crippen LogP contribution < -0.4 is 0 Å². The maximum absolute atomic E-state index is 9.13. The number of hydrogen-bond acceptors (Lipinski definition) is 4. The summed E-state index contributed by atoms with van der Waals surface area (Å²) in [5, 5.41) is 9.13. The fourth-order valence-corrected chi connectivity index (χ4v) is 1.25. The Bertz CT molecular complexity index is 138. The molecule has 0 bridgehead atoms. The lowest BCUT2D eigenvalue weighted by Gasteiger charge is -2.20. The van der Waals surface area contributed by atoms with Crippen molar-refractivity contribution in [2.75, 3.05) is 13.7 Å². The van der Waals surface area contributed by atoms with Crippen molar-refractivity contribution in [3.05, 3.63) is 0 Å². The van der Waals surface area contributed by atoms with Crippen molar-refractivity contribution in [2.45, 2.75) is 24.6 Å². The summed E-state index contributed by atoms with van der Waals surface area (Å²) in [6, 6.07) is 0. The molecule has 0 aromatic heterocycles. The van der Waals surface area contributed by atoms with E-state index in [1.165, 1.54) is 0 Å². The molecule has 0 aromatic rings. The third-order valence-corrected chi connectivity index (χ3v) is 1.87. The van der Waals surface area contributed by atoms with Gasteiger partial charge < -0.3 is 19.3 Å². The van der Waals surface area contributed by atoms with Crippen LogP contribution in [0.5, 0.6) is 0 Å². The molecule has 4 atom stereocenters. The second kappa shape index (κ2) is 2.17. The van der Waals surface area contributed by atoms with Crippen molar-refractivity contribution < 1.29 is 19.3 Å². The predicted octanol–water partition coefficient (Wildman–Crippen LogP) is -0.883. The molecule has 0 saturated carbocycles. The quantitative estimate of drug-likeness (QED) is 0.488. The molecule has 0 unspecified atom stereocenters. The van der Waals surface area contributed by atoms with Crippen LogP contribution in [0.3, 0.4) is 0 Å². The van der Waals surface area contributed by atoms with E-state index in [4.69, 9.17) is 19.3 Å². The summed E-state index contributed by atoms with van der Waals surface area (Å²) in [5.74, 6) is 0. The van der Waals surface area contributed by atoms with E-state index < -0.39 is 6.10 Å². The molecule has 4 heteroatoms. The van der Waals surface area contributed by atoms with Gasteiger partial charge >= 0.3 is 0 Å². The third kappa shape index (κ3) is 0.845. The first-order chi connectivity index (χ1) is 4.83. The minimum atomic E-state index is -0.462. The SMILES string of the molecule is CO[C@H]1OC[C@@H](O)[C@@H]2O[C@H]12. The summed E-state index contributed by atoms with van der Waals surface area (Å²) in [6.45, 7) is 0.319. The predicted molar refractivity (Wildman–Crippen MR) is 31.4 cm³/mol. The number of ether oxygens (including phenoxy) is 3. The van der Waals surface area contributed by atoms with E-state index in [1.54, 1.807) is 7.11 Å². The van der Waals surface area contributed by atoms with Gasteiger partial charge in [-0.15, -0.1) is 0 Å². The van der Waals surface area contributed by atoms with Crippen LogP contribution in [0.25, 0.3) is 0 Å². The Labute approximate surface area is 58.7 Å². The van der Waals surface area contributed by atoms with Crippen molar-refractivity contribution in [1.29, 1.82) is 0 Å². The molecular weight excluding hydrogens is 136 g/mol. The molecule has 2 rings (SSSR count). The van der Waals surface area contributed by atoms with Crippen LogP contribution in [-0.4, -0.2) is 43.4 Å². The maximum Gasteiger partial charge on any atom is 0.186 e. The third-order valence-electron chi connectivity index (χ3n) is 1.87. The van der Waals surface area contributed by atoms with Crippen LogP contribution in [0.4, 0.5) is 0 Å². The van der Waals surface area contributed by atoms with Crippen LogP contribution in [-0.2, 0) is 14.2 Å². The standard InChI is InChI=1S/C6H10O4/c1-8-6-5-4(10-5)3(7)2-9-6/h3-7H,2H2,1H3/t3-,4+,5+,6+/m1/s1. The molecule has 0 radical (unpaired) electrons. The molecule has 0 aromatic carbocycles. The highest BCUT2D eigenvalue weighted by molar-refractivity contribution is 4.96. The second-order valence-corrected chi connectivity index (χ2v) is 2.57. The number of hydrogen-bond donors (Lipinski definition) is 1. The van der Waals surface area contributed by atoms with E-state index >= 15 is 0 Å². The first-order valence-electron chi connectivity index (χ1n) is 3.31. The number of methoxy groups -OCH3 is 1. The van der Waals surface area contributed by atoms with Crippen LogP contribution in [0.15, 0.2) is 0 Å². The summed E-state index contributed by atoms with van der Waals surface area (Å²) >= 11 is 0. The van der Waals surface area contributed by atoms with Crippen molar-refractivity contribution in [2.24, 2.45) is 0 Å². The molecule has 58 valence electrons. The molecule has 10 heavy (non-hydrogen) atoms. The number of epoxide rings is 1. The normalized spacial score (nSPS) is 52.2. The fourth-order valence-electron chi connectivity index (χ4n) is 1.25. The van der Waals surface area contributed by atoms with Crippen molar-refractivity contribution in [3.8, 4) is 0 Å². The highest BCUT2D eigenvalue weighted by atomic mass is 16.7. The van der Waals surface area contributed by atoms with E-state index in [0.717, 1.165) is 0 Å². The number of fused-ring (bicyclic) bond motifs is 1. The van der Waals surface area contributed by atoms with Gasteiger partial charge in [-0.25, -0.2) is 0 Å². The lowest BCUT2D eigenvalue weighted by atomic mass is 10.1. The molecule has 0 amide bonds. The van der Waals surface area contributed by atoms with Crippen LogP contribution in [0.2, 0.25) is 0 Å². The van der Waals surface area contributed by atoms with Gasteiger partial charge in [-0.3, -0.25) is 0 Å². The van der Waals surface area contributed by atoms with E-state index in [1.807, 2.05) is 0 Å². The van der Waals surface area contributed by atoms with Crippen LogP contribution in [0, 0.1) is 0 Å². The Kier molecular flexibility index (Phi) is 1.42. The zero-order valence-electron chi connectivity index (χ0n) is 5.69. The summed E-state index contributed by atoms with van der Waals surface area (Å²) in [4.78, 5) is 0. The van der Waals surface area contributed by atoms with Gasteiger partial charge in [-0.1, -0.05) is 0 Å². The molecule has 4 nitrogen and oxygen atoms in total. The van der Waals surface area contributed by atoms with Gasteiger partial charge in [0.05, 0.1) is 6.61 Å². The minimum Gasteiger partial charge on any atom is -0.388 e. The second-order valence-electron chi connectivity index (χ2n) is 2.57. The molecule has 2 aliphatic heterocycles. The molecular formula is C6H10O4. The van der Waals surface area contributed by atoms with E-state index in [0.29, 0.717) is 6.61 Å². The zero-order chi connectivity index (χ0) is 7.14. The Balaban J connectivity index is 1.95. The Hall–Kier alpha value is -0.160. The van der Waals surface area contributed by atoms with Crippen LogP contribution in [0.1, 0.15) is 0 Å². The average molecular weight is 146 g/mol. The van der Waals surface area contributed by atoms with E-state index in [2.05, 4.69) is 0 Å². The van der Waals surface area contributed by atoms with Gasteiger partial charge in [-0.05, 0) is 0 Å². The van der Waals surface area contributed by atoms with Crippen molar-refractivity contribution in [3.63, 3.8) is 0 Å². The molecule has 2 saturated heterocycles. The lowest BCUT2D eigenvalue weighted by molar-refractivity contribution is -0.161. The first kappa shape index (κ1) is 6.54. The summed E-state index contributed by atoms with van der Waals surface area (Å²) in [7, 11) is 1.57. The molecule has 2 fully saturated rings. The fraction of sp³-hybridized carbons (Fsp3) is 1.00.